The van der Waals surface area contributed by atoms with Gasteiger partial charge in [0.1, 0.15) is 11.5 Å². The van der Waals surface area contributed by atoms with Crippen molar-refractivity contribution in [3.63, 3.8) is 0 Å². The number of para-hydroxylation sites is 1. The van der Waals surface area contributed by atoms with Crippen LogP contribution in [0.1, 0.15) is 25.0 Å². The Morgan fingerprint density at radius 1 is 0.322 bits per heavy atom. The largest absolute Gasteiger partial charge is 0.455 e. The first kappa shape index (κ1) is 34.8. The fraction of sp³-hybridized carbons (Fsp3) is 0.0526. The average molecular weight is 756 g/mol. The third kappa shape index (κ3) is 5.87. The second-order valence-electron chi connectivity index (χ2n) is 16.1. The fourth-order valence-electron chi connectivity index (χ4n) is 9.30. The molecule has 280 valence electrons. The molecule has 2 nitrogen and oxygen atoms in total. The van der Waals surface area contributed by atoms with Crippen molar-refractivity contribution in [2.45, 2.75) is 19.3 Å². The molecule has 0 bridgehead atoms. The summed E-state index contributed by atoms with van der Waals surface area (Å²) < 4.78 is 7.28. The molecule has 0 atom stereocenters. The highest BCUT2D eigenvalue weighted by Crippen LogP contribution is 2.54. The Labute approximate surface area is 346 Å². The molecule has 9 aromatic rings. The predicted molar refractivity (Wildman–Crippen MR) is 246 cm³/mol. The maximum Gasteiger partial charge on any atom is 0.143 e. The van der Waals surface area contributed by atoms with E-state index < -0.39 is 0 Å². The van der Waals surface area contributed by atoms with Gasteiger partial charge in [-0.05, 0) is 104 Å². The van der Waals surface area contributed by atoms with E-state index in [9.17, 15) is 0 Å². The monoisotopic (exact) mass is 755 g/mol. The zero-order valence-electron chi connectivity index (χ0n) is 33.1. The number of fused-ring (bicyclic) bond motifs is 8. The highest BCUT2D eigenvalue weighted by atomic mass is 16.5. The van der Waals surface area contributed by atoms with Gasteiger partial charge in [0, 0.05) is 45.2 Å². The second kappa shape index (κ2) is 13.9. The van der Waals surface area contributed by atoms with Crippen molar-refractivity contribution in [2.24, 2.45) is 0 Å². The van der Waals surface area contributed by atoms with Gasteiger partial charge in [0.25, 0.3) is 0 Å². The molecule has 0 fully saturated rings. The van der Waals surface area contributed by atoms with E-state index in [-0.39, 0.29) is 5.41 Å². The maximum absolute atomic E-state index is 7.28. The SMILES string of the molecule is CC1(C)c2ccccc2-c2ccc(N(c3ccc(-c4ccccc4)cc3)c3ccc4c(c3)Oc3c(-c5ccccc5)cccc3-c3cc(-c5ccccc5)ccc3-4)cc21. The number of anilines is 3. The van der Waals surface area contributed by atoms with E-state index in [0.29, 0.717) is 0 Å². The fourth-order valence-corrected chi connectivity index (χ4v) is 9.30. The van der Waals surface area contributed by atoms with Crippen LogP contribution in [0, 0.1) is 0 Å². The van der Waals surface area contributed by atoms with E-state index in [2.05, 4.69) is 231 Å². The van der Waals surface area contributed by atoms with Crippen LogP contribution in [0.2, 0.25) is 0 Å². The minimum atomic E-state index is -0.137. The van der Waals surface area contributed by atoms with Gasteiger partial charge in [-0.1, -0.05) is 178 Å². The molecule has 0 amide bonds. The van der Waals surface area contributed by atoms with Crippen molar-refractivity contribution < 1.29 is 4.74 Å². The van der Waals surface area contributed by atoms with Gasteiger partial charge in [-0.2, -0.15) is 0 Å². The van der Waals surface area contributed by atoms with Crippen LogP contribution in [0.4, 0.5) is 17.1 Å². The van der Waals surface area contributed by atoms with Gasteiger partial charge in [0.05, 0.1) is 0 Å². The van der Waals surface area contributed by atoms with Gasteiger partial charge in [0.15, 0.2) is 0 Å². The first-order chi connectivity index (χ1) is 29.0. The topological polar surface area (TPSA) is 12.5 Å². The van der Waals surface area contributed by atoms with Crippen molar-refractivity contribution in [1.82, 2.24) is 0 Å². The van der Waals surface area contributed by atoms with Gasteiger partial charge < -0.3 is 9.64 Å². The third-order valence-electron chi connectivity index (χ3n) is 12.3. The molecule has 0 unspecified atom stereocenters. The first-order valence-electron chi connectivity index (χ1n) is 20.4. The molecule has 9 aromatic carbocycles. The molecule has 0 saturated heterocycles. The number of rotatable bonds is 6. The minimum Gasteiger partial charge on any atom is -0.455 e. The Hall–Kier alpha value is -7.42. The van der Waals surface area contributed by atoms with Crippen molar-refractivity contribution in [3.8, 4) is 78.3 Å². The molecule has 2 heteroatoms. The maximum atomic E-state index is 7.28. The van der Waals surface area contributed by atoms with Crippen molar-refractivity contribution in [2.75, 3.05) is 4.90 Å². The lowest BCUT2D eigenvalue weighted by molar-refractivity contribution is 0.489. The summed E-state index contributed by atoms with van der Waals surface area (Å²) in [7, 11) is 0. The van der Waals surface area contributed by atoms with Gasteiger partial charge in [-0.15, -0.1) is 0 Å². The average Bonchev–Trinajstić information content (AvgIpc) is 3.42. The number of ether oxygens (including phenoxy) is 1. The smallest absolute Gasteiger partial charge is 0.143 e. The molecule has 0 spiro atoms. The predicted octanol–water partition coefficient (Wildman–Crippen LogP) is 15.9. The van der Waals surface area contributed by atoms with Crippen LogP contribution in [0.3, 0.4) is 0 Å². The Kier molecular flexibility index (Phi) is 8.20. The Bertz CT molecular complexity index is 3020. The molecule has 0 radical (unpaired) electrons. The molecular weight excluding hydrogens is 715 g/mol. The summed E-state index contributed by atoms with van der Waals surface area (Å²) >= 11 is 0. The molecule has 0 aromatic heterocycles. The lowest BCUT2D eigenvalue weighted by Gasteiger charge is -2.29. The van der Waals surface area contributed by atoms with Crippen LogP contribution < -0.4 is 9.64 Å². The molecule has 1 aliphatic heterocycles. The van der Waals surface area contributed by atoms with Crippen LogP contribution in [0.5, 0.6) is 11.5 Å². The first-order valence-corrected chi connectivity index (χ1v) is 20.4. The molecule has 1 heterocycles. The van der Waals surface area contributed by atoms with Gasteiger partial charge in [-0.25, -0.2) is 0 Å². The van der Waals surface area contributed by atoms with Crippen LogP contribution in [0.25, 0.3) is 66.8 Å². The van der Waals surface area contributed by atoms with Crippen molar-refractivity contribution in [3.05, 3.63) is 223 Å². The Balaban J connectivity index is 1.11. The normalized spacial score (nSPS) is 12.8. The van der Waals surface area contributed by atoms with Crippen molar-refractivity contribution in [1.29, 1.82) is 0 Å². The third-order valence-corrected chi connectivity index (χ3v) is 12.3. The Morgan fingerprint density at radius 2 is 0.831 bits per heavy atom. The molecule has 0 N–H and O–H groups in total. The van der Waals surface area contributed by atoms with Crippen LogP contribution in [-0.4, -0.2) is 0 Å². The second-order valence-corrected chi connectivity index (χ2v) is 16.1. The molecule has 11 rings (SSSR count). The molecular formula is C57H41NO. The molecule has 2 aliphatic rings. The van der Waals surface area contributed by atoms with Crippen LogP contribution >= 0.6 is 0 Å². The lowest BCUT2D eigenvalue weighted by Crippen LogP contribution is -2.16. The van der Waals surface area contributed by atoms with E-state index in [0.717, 1.165) is 61.9 Å². The van der Waals surface area contributed by atoms with Gasteiger partial charge in [-0.3, -0.25) is 0 Å². The van der Waals surface area contributed by atoms with Crippen LogP contribution in [-0.2, 0) is 5.41 Å². The van der Waals surface area contributed by atoms with E-state index >= 15 is 0 Å². The van der Waals surface area contributed by atoms with E-state index in [1.807, 2.05) is 0 Å². The molecule has 0 saturated carbocycles. The lowest BCUT2D eigenvalue weighted by atomic mass is 9.82. The summed E-state index contributed by atoms with van der Waals surface area (Å²) in [4.78, 5) is 2.38. The van der Waals surface area contributed by atoms with E-state index in [4.69, 9.17) is 4.74 Å². The summed E-state index contributed by atoms with van der Waals surface area (Å²) in [5.41, 5.74) is 19.7. The number of hydrogen-bond donors (Lipinski definition) is 0. The number of hydrogen-bond acceptors (Lipinski definition) is 2. The Morgan fingerprint density at radius 3 is 1.56 bits per heavy atom. The minimum absolute atomic E-state index is 0.137. The summed E-state index contributed by atoms with van der Waals surface area (Å²) in [6.45, 7) is 4.69. The van der Waals surface area contributed by atoms with Gasteiger partial charge >= 0.3 is 0 Å². The standard InChI is InChI=1S/C57H41NO/c1-57(2)53-24-13-12-21-48(53)49-33-30-44(36-54(49)57)58(43-28-25-40(26-29-43)38-15-6-3-7-16-38)45-31-34-50-47-32-27-42(39-17-8-4-9-18-39)35-52(47)51-23-14-22-46(41-19-10-5-11-20-41)56(51)59-55(50)37-45/h3-37H,1-2H3. The quantitative estimate of drug-likeness (QED) is 0.168. The molecule has 59 heavy (non-hydrogen) atoms. The zero-order chi connectivity index (χ0) is 39.5. The summed E-state index contributed by atoms with van der Waals surface area (Å²) in [6.07, 6.45) is 0. The van der Waals surface area contributed by atoms with Crippen molar-refractivity contribution >= 4 is 17.1 Å². The number of benzene rings is 9. The molecule has 1 aliphatic carbocycles. The van der Waals surface area contributed by atoms with Gasteiger partial charge in [0.2, 0.25) is 0 Å². The summed E-state index contributed by atoms with van der Waals surface area (Å²) in [5.74, 6) is 1.68. The highest BCUT2D eigenvalue weighted by molar-refractivity contribution is 5.97. The number of nitrogens with zero attached hydrogens (tertiary/aromatic N) is 1. The van der Waals surface area contributed by atoms with E-state index in [1.165, 1.54) is 44.5 Å². The highest BCUT2D eigenvalue weighted by Gasteiger charge is 2.36. The zero-order valence-corrected chi connectivity index (χ0v) is 33.1. The van der Waals surface area contributed by atoms with Crippen LogP contribution in [0.15, 0.2) is 212 Å². The van der Waals surface area contributed by atoms with E-state index in [1.54, 1.807) is 0 Å². The summed E-state index contributed by atoms with van der Waals surface area (Å²) in [5, 5.41) is 0. The summed E-state index contributed by atoms with van der Waals surface area (Å²) in [6, 6.07) is 76.7.